The van der Waals surface area contributed by atoms with Crippen LogP contribution in [0.15, 0.2) is 30.9 Å². The van der Waals surface area contributed by atoms with E-state index in [0.717, 1.165) is 6.08 Å². The van der Waals surface area contributed by atoms with Gasteiger partial charge >= 0.3 is 0 Å². The van der Waals surface area contributed by atoms with E-state index in [1.165, 1.54) is 6.07 Å². The van der Waals surface area contributed by atoms with Crippen molar-refractivity contribution in [2.45, 2.75) is 6.92 Å². The van der Waals surface area contributed by atoms with Gasteiger partial charge in [-0.2, -0.15) is 0 Å². The predicted octanol–water partition coefficient (Wildman–Crippen LogP) is 2.50. The average molecular weight is 164 g/mol. The molecule has 0 saturated carbocycles. The summed E-state index contributed by atoms with van der Waals surface area (Å²) in [5.74, 6) is -0.835. The van der Waals surface area contributed by atoms with Crippen LogP contribution in [0.1, 0.15) is 15.9 Å². The topological polar surface area (TPSA) is 17.1 Å². The smallest absolute Gasteiger partial charge is 0.188 e. The summed E-state index contributed by atoms with van der Waals surface area (Å²) in [7, 11) is 0. The Labute approximate surface area is 70.5 Å². The summed E-state index contributed by atoms with van der Waals surface area (Å²) >= 11 is 0. The van der Waals surface area contributed by atoms with E-state index in [1.54, 1.807) is 19.1 Å². The maximum absolute atomic E-state index is 13.2. The number of ketones is 1. The fourth-order valence-electron chi connectivity index (χ4n) is 0.948. The molecule has 1 nitrogen and oxygen atoms in total. The molecule has 2 heteroatoms. The molecule has 62 valence electrons. The summed E-state index contributed by atoms with van der Waals surface area (Å²) in [6, 6.07) is 4.72. The Morgan fingerprint density at radius 3 is 2.83 bits per heavy atom. The molecule has 1 rings (SSSR count). The van der Waals surface area contributed by atoms with Gasteiger partial charge in [0.2, 0.25) is 0 Å². The highest BCUT2D eigenvalue weighted by molar-refractivity contribution is 6.04. The highest BCUT2D eigenvalue weighted by Crippen LogP contribution is 2.12. The summed E-state index contributed by atoms with van der Waals surface area (Å²) in [4.78, 5) is 11.0. The van der Waals surface area contributed by atoms with E-state index >= 15 is 0 Å². The van der Waals surface area contributed by atoms with Gasteiger partial charge in [-0.15, -0.1) is 0 Å². The Hall–Kier alpha value is -1.44. The number of carbonyl (C=O) groups excluding carboxylic acids is 1. The zero-order chi connectivity index (χ0) is 9.14. The van der Waals surface area contributed by atoms with Gasteiger partial charge in [-0.3, -0.25) is 4.79 Å². The molecule has 0 atom stereocenters. The first-order chi connectivity index (χ1) is 5.66. The molecule has 0 bridgehead atoms. The minimum Gasteiger partial charge on any atom is -0.289 e. The van der Waals surface area contributed by atoms with Crippen LogP contribution < -0.4 is 0 Å². The lowest BCUT2D eigenvalue weighted by Crippen LogP contribution is -1.99. The number of rotatable bonds is 2. The Bertz CT molecular complexity index is 329. The fraction of sp³-hybridized carbons (Fsp3) is 0.100. The zero-order valence-corrected chi connectivity index (χ0v) is 6.80. The van der Waals surface area contributed by atoms with E-state index in [4.69, 9.17) is 0 Å². The first kappa shape index (κ1) is 8.65. The molecule has 0 spiro atoms. The van der Waals surface area contributed by atoms with E-state index in [-0.39, 0.29) is 11.3 Å². The summed E-state index contributed by atoms with van der Waals surface area (Å²) in [6.45, 7) is 4.91. The second kappa shape index (κ2) is 3.30. The van der Waals surface area contributed by atoms with E-state index < -0.39 is 5.82 Å². The monoisotopic (exact) mass is 164 g/mol. The van der Waals surface area contributed by atoms with Crippen molar-refractivity contribution in [3.63, 3.8) is 0 Å². The van der Waals surface area contributed by atoms with Gasteiger partial charge in [0.25, 0.3) is 0 Å². The van der Waals surface area contributed by atoms with Crippen LogP contribution >= 0.6 is 0 Å². The minimum atomic E-state index is -0.456. The van der Waals surface area contributed by atoms with Crippen molar-refractivity contribution >= 4 is 5.78 Å². The quantitative estimate of drug-likeness (QED) is 0.484. The Morgan fingerprint density at radius 2 is 2.25 bits per heavy atom. The number of hydrogen-bond acceptors (Lipinski definition) is 1. The molecule has 1 aromatic rings. The molecule has 0 saturated heterocycles. The van der Waals surface area contributed by atoms with Crippen LogP contribution in [0.2, 0.25) is 0 Å². The molecule has 0 unspecified atom stereocenters. The van der Waals surface area contributed by atoms with Crippen LogP contribution in [0, 0.1) is 12.7 Å². The lowest BCUT2D eigenvalue weighted by atomic mass is 10.1. The van der Waals surface area contributed by atoms with Gasteiger partial charge in [0.1, 0.15) is 5.82 Å². The molecule has 0 aromatic heterocycles. The van der Waals surface area contributed by atoms with Gasteiger partial charge in [-0.05, 0) is 24.6 Å². The van der Waals surface area contributed by atoms with Crippen LogP contribution in [0.4, 0.5) is 4.39 Å². The van der Waals surface area contributed by atoms with Crippen molar-refractivity contribution < 1.29 is 9.18 Å². The standard InChI is InChI=1S/C10H9FO/c1-3-9(12)8-6-4-5-7(2)10(8)11/h3-6H,1H2,2H3. The van der Waals surface area contributed by atoms with Gasteiger partial charge in [-0.1, -0.05) is 18.7 Å². The second-order valence-corrected chi connectivity index (χ2v) is 2.50. The number of carbonyl (C=O) groups is 1. The lowest BCUT2D eigenvalue weighted by Gasteiger charge is -2.00. The number of allylic oxidation sites excluding steroid dienone is 1. The highest BCUT2D eigenvalue weighted by atomic mass is 19.1. The van der Waals surface area contributed by atoms with Gasteiger partial charge in [0.05, 0.1) is 5.56 Å². The Balaban J connectivity index is 3.25. The van der Waals surface area contributed by atoms with Crippen LogP contribution in [0.3, 0.4) is 0 Å². The summed E-state index contributed by atoms with van der Waals surface area (Å²) in [6.07, 6.45) is 1.11. The van der Waals surface area contributed by atoms with Crippen molar-refractivity contribution in [3.8, 4) is 0 Å². The number of halogens is 1. The molecule has 0 aliphatic rings. The molecule has 0 aliphatic heterocycles. The normalized spacial score (nSPS) is 9.50. The van der Waals surface area contributed by atoms with E-state index in [0.29, 0.717) is 5.56 Å². The second-order valence-electron chi connectivity index (χ2n) is 2.50. The molecular formula is C10H9FO. The van der Waals surface area contributed by atoms with Crippen molar-refractivity contribution in [1.29, 1.82) is 0 Å². The van der Waals surface area contributed by atoms with E-state index in [1.807, 2.05) is 0 Å². The molecule has 1 aromatic carbocycles. The third kappa shape index (κ3) is 1.42. The van der Waals surface area contributed by atoms with Crippen molar-refractivity contribution in [3.05, 3.63) is 47.8 Å². The van der Waals surface area contributed by atoms with Gasteiger partial charge in [0.15, 0.2) is 5.78 Å². The van der Waals surface area contributed by atoms with E-state index in [9.17, 15) is 9.18 Å². The molecule has 0 amide bonds. The predicted molar refractivity (Wildman–Crippen MR) is 45.7 cm³/mol. The molecule has 0 aliphatic carbocycles. The van der Waals surface area contributed by atoms with Crippen LogP contribution in [0.25, 0.3) is 0 Å². The lowest BCUT2D eigenvalue weighted by molar-refractivity contribution is 0.104. The fourth-order valence-corrected chi connectivity index (χ4v) is 0.948. The van der Waals surface area contributed by atoms with E-state index in [2.05, 4.69) is 6.58 Å². The third-order valence-corrected chi connectivity index (χ3v) is 1.64. The largest absolute Gasteiger partial charge is 0.289 e. The maximum atomic E-state index is 13.2. The Kier molecular flexibility index (Phi) is 2.38. The minimum absolute atomic E-state index is 0.0880. The summed E-state index contributed by atoms with van der Waals surface area (Å²) in [5, 5.41) is 0. The summed E-state index contributed by atoms with van der Waals surface area (Å²) in [5.41, 5.74) is 0.563. The van der Waals surface area contributed by atoms with Crippen molar-refractivity contribution in [2.75, 3.05) is 0 Å². The molecule has 12 heavy (non-hydrogen) atoms. The first-order valence-corrected chi connectivity index (χ1v) is 3.58. The Morgan fingerprint density at radius 1 is 1.58 bits per heavy atom. The molecule has 0 fully saturated rings. The number of hydrogen-bond donors (Lipinski definition) is 0. The van der Waals surface area contributed by atoms with Gasteiger partial charge in [-0.25, -0.2) is 4.39 Å². The summed E-state index contributed by atoms with van der Waals surface area (Å²) < 4.78 is 13.2. The van der Waals surface area contributed by atoms with Crippen LogP contribution in [-0.4, -0.2) is 5.78 Å². The highest BCUT2D eigenvalue weighted by Gasteiger charge is 2.08. The van der Waals surface area contributed by atoms with Crippen molar-refractivity contribution in [1.82, 2.24) is 0 Å². The molecule has 0 radical (unpaired) electrons. The number of aryl methyl sites for hydroxylation is 1. The van der Waals surface area contributed by atoms with Gasteiger partial charge in [0, 0.05) is 0 Å². The number of benzene rings is 1. The van der Waals surface area contributed by atoms with Crippen LogP contribution in [0.5, 0.6) is 0 Å². The SMILES string of the molecule is C=CC(=O)c1cccc(C)c1F. The average Bonchev–Trinajstić information content (AvgIpc) is 2.08. The molecule has 0 heterocycles. The van der Waals surface area contributed by atoms with Crippen molar-refractivity contribution in [2.24, 2.45) is 0 Å². The maximum Gasteiger partial charge on any atom is 0.188 e. The first-order valence-electron chi connectivity index (χ1n) is 3.58. The van der Waals surface area contributed by atoms with Crippen LogP contribution in [-0.2, 0) is 0 Å². The molecular weight excluding hydrogens is 155 g/mol. The molecule has 0 N–H and O–H groups in total. The zero-order valence-electron chi connectivity index (χ0n) is 6.80. The third-order valence-electron chi connectivity index (χ3n) is 1.64. The van der Waals surface area contributed by atoms with Gasteiger partial charge < -0.3 is 0 Å².